The molecule has 1 fully saturated rings. The highest BCUT2D eigenvalue weighted by Crippen LogP contribution is 1.99. The van der Waals surface area contributed by atoms with Crippen LogP contribution in [0.1, 0.15) is 13.8 Å². The molecule has 0 bridgehead atoms. The fourth-order valence-electron chi connectivity index (χ4n) is 1.26. The van der Waals surface area contributed by atoms with Gasteiger partial charge in [-0.05, 0) is 7.05 Å². The molecule has 0 unspecified atom stereocenters. The number of rotatable bonds is 3. The second kappa shape index (κ2) is 7.76. The van der Waals surface area contributed by atoms with Crippen molar-refractivity contribution in [3.05, 3.63) is 0 Å². The Balaban J connectivity index is 0.000000791. The molecule has 1 aliphatic heterocycles. The molecule has 0 aliphatic carbocycles. The lowest BCUT2D eigenvalue weighted by Gasteiger charge is -2.31. The van der Waals surface area contributed by atoms with Gasteiger partial charge in [-0.15, -0.1) is 0 Å². The van der Waals surface area contributed by atoms with Gasteiger partial charge in [-0.3, -0.25) is 9.69 Å². The second-order valence-corrected chi connectivity index (χ2v) is 3.11. The summed E-state index contributed by atoms with van der Waals surface area (Å²) in [6.45, 7) is 7.70. The first-order valence-corrected chi connectivity index (χ1v) is 5.19. The number of hydrogen-bond donors (Lipinski definition) is 0. The minimum atomic E-state index is 0.209. The molecule has 1 amide bonds. The lowest BCUT2D eigenvalue weighted by molar-refractivity contribution is -0.136. The fraction of sp³-hybridized carbons (Fsp3) is 0.900. The van der Waals surface area contributed by atoms with Gasteiger partial charge >= 0.3 is 0 Å². The molecule has 1 rings (SSSR count). The van der Waals surface area contributed by atoms with Crippen LogP contribution in [0.5, 0.6) is 0 Å². The first-order chi connectivity index (χ1) is 6.74. The Hall–Kier alpha value is -0.610. The van der Waals surface area contributed by atoms with Crippen LogP contribution >= 0.6 is 0 Å². The zero-order valence-corrected chi connectivity index (χ0v) is 9.75. The Kier molecular flexibility index (Phi) is 7.42. The third-order valence-electron chi connectivity index (χ3n) is 2.07. The van der Waals surface area contributed by atoms with Crippen LogP contribution in [0.15, 0.2) is 0 Å². The highest BCUT2D eigenvalue weighted by molar-refractivity contribution is 5.78. The molecular weight excluding hydrogens is 180 g/mol. The molecule has 14 heavy (non-hydrogen) atoms. The summed E-state index contributed by atoms with van der Waals surface area (Å²) in [6, 6.07) is 0. The Bertz CT molecular complexity index is 160. The Morgan fingerprint density at radius 2 is 2.00 bits per heavy atom. The number of piperazine rings is 1. The molecule has 1 aliphatic rings. The van der Waals surface area contributed by atoms with Crippen molar-refractivity contribution in [1.29, 1.82) is 0 Å². The first kappa shape index (κ1) is 13.4. The van der Waals surface area contributed by atoms with Crippen LogP contribution in [0, 0.1) is 0 Å². The molecule has 4 heteroatoms. The molecule has 0 aromatic rings. The molecule has 0 saturated carbocycles. The van der Waals surface area contributed by atoms with E-state index in [4.69, 9.17) is 4.74 Å². The summed E-state index contributed by atoms with van der Waals surface area (Å²) in [5, 5.41) is 0. The van der Waals surface area contributed by atoms with Crippen LogP contribution in [-0.4, -0.2) is 62.7 Å². The summed E-state index contributed by atoms with van der Waals surface area (Å²) in [7, 11) is 3.62. The maximum absolute atomic E-state index is 11.3. The Morgan fingerprint density at radius 3 is 2.50 bits per heavy atom. The van der Waals surface area contributed by atoms with E-state index in [2.05, 4.69) is 0 Å². The number of carbonyl (C=O) groups excluding carboxylic acids is 1. The molecule has 4 nitrogen and oxygen atoms in total. The monoisotopic (exact) mass is 202 g/mol. The van der Waals surface area contributed by atoms with Gasteiger partial charge in [0.25, 0.3) is 0 Å². The summed E-state index contributed by atoms with van der Waals surface area (Å²) >= 11 is 0. The average molecular weight is 202 g/mol. The first-order valence-electron chi connectivity index (χ1n) is 5.19. The zero-order chi connectivity index (χ0) is 11.0. The minimum absolute atomic E-state index is 0.209. The average Bonchev–Trinajstić information content (AvgIpc) is 2.20. The van der Waals surface area contributed by atoms with Gasteiger partial charge in [0.1, 0.15) is 0 Å². The predicted molar refractivity (Wildman–Crippen MR) is 57.3 cm³/mol. The van der Waals surface area contributed by atoms with Crippen molar-refractivity contribution >= 4 is 5.91 Å². The molecule has 0 radical (unpaired) electrons. The van der Waals surface area contributed by atoms with Crippen LogP contribution in [-0.2, 0) is 9.53 Å². The van der Waals surface area contributed by atoms with E-state index in [9.17, 15) is 4.79 Å². The summed E-state index contributed by atoms with van der Waals surface area (Å²) in [5.41, 5.74) is 0. The Morgan fingerprint density at radius 1 is 1.36 bits per heavy atom. The number of hydrogen-bond acceptors (Lipinski definition) is 3. The molecule has 1 heterocycles. The maximum atomic E-state index is 11.3. The minimum Gasteiger partial charge on any atom is -0.383 e. The highest BCUT2D eigenvalue weighted by atomic mass is 16.5. The van der Waals surface area contributed by atoms with Gasteiger partial charge in [0.2, 0.25) is 5.91 Å². The van der Waals surface area contributed by atoms with Crippen LogP contribution < -0.4 is 0 Å². The second-order valence-electron chi connectivity index (χ2n) is 3.11. The smallest absolute Gasteiger partial charge is 0.236 e. The van der Waals surface area contributed by atoms with Gasteiger partial charge in [-0.2, -0.15) is 0 Å². The van der Waals surface area contributed by atoms with Gasteiger partial charge in [0.05, 0.1) is 13.2 Å². The zero-order valence-electron chi connectivity index (χ0n) is 9.75. The molecule has 0 spiro atoms. The summed E-state index contributed by atoms with van der Waals surface area (Å²) in [6.07, 6.45) is 0. The molecule has 84 valence electrons. The van der Waals surface area contributed by atoms with Gasteiger partial charge in [-0.25, -0.2) is 0 Å². The van der Waals surface area contributed by atoms with E-state index in [1.54, 1.807) is 7.11 Å². The Labute approximate surface area is 86.8 Å². The quantitative estimate of drug-likeness (QED) is 0.665. The lowest BCUT2D eigenvalue weighted by Crippen LogP contribution is -2.49. The number of methoxy groups -OCH3 is 1. The molecule has 0 aromatic heterocycles. The maximum Gasteiger partial charge on any atom is 0.236 e. The van der Waals surface area contributed by atoms with Crippen LogP contribution in [0.25, 0.3) is 0 Å². The molecule has 1 saturated heterocycles. The molecular formula is C10H22N2O2. The number of amides is 1. The number of nitrogens with zero attached hydrogens (tertiary/aromatic N) is 2. The summed E-state index contributed by atoms with van der Waals surface area (Å²) in [5.74, 6) is 0.209. The van der Waals surface area contributed by atoms with Gasteiger partial charge in [-0.1, -0.05) is 13.8 Å². The van der Waals surface area contributed by atoms with Crippen molar-refractivity contribution in [1.82, 2.24) is 9.80 Å². The van der Waals surface area contributed by atoms with Gasteiger partial charge in [0, 0.05) is 26.7 Å². The van der Waals surface area contributed by atoms with E-state index in [1.165, 1.54) is 0 Å². The standard InChI is InChI=1S/C8H16N2O2.C2H6/c1-9-3-4-10(5-6-12-2)8(11)7-9;1-2/h3-7H2,1-2H3;1-2H3. The van der Waals surface area contributed by atoms with Crippen molar-refractivity contribution in [3.63, 3.8) is 0 Å². The van der Waals surface area contributed by atoms with Crippen LogP contribution in [0.3, 0.4) is 0 Å². The SMILES string of the molecule is CC.COCCN1CCN(C)CC1=O. The van der Waals surface area contributed by atoms with E-state index in [-0.39, 0.29) is 5.91 Å². The predicted octanol–water partition coefficient (Wildman–Crippen LogP) is 0.433. The topological polar surface area (TPSA) is 32.8 Å². The van der Waals surface area contributed by atoms with E-state index in [0.29, 0.717) is 13.2 Å². The van der Waals surface area contributed by atoms with Crippen LogP contribution in [0.2, 0.25) is 0 Å². The van der Waals surface area contributed by atoms with E-state index in [0.717, 1.165) is 19.6 Å². The molecule has 0 N–H and O–H groups in total. The molecule has 0 atom stereocenters. The van der Waals surface area contributed by atoms with Crippen LogP contribution in [0.4, 0.5) is 0 Å². The largest absolute Gasteiger partial charge is 0.383 e. The van der Waals surface area contributed by atoms with Crippen molar-refractivity contribution in [2.24, 2.45) is 0 Å². The third kappa shape index (κ3) is 4.58. The summed E-state index contributed by atoms with van der Waals surface area (Å²) < 4.78 is 4.91. The normalized spacial score (nSPS) is 17.7. The third-order valence-corrected chi connectivity index (χ3v) is 2.07. The number of ether oxygens (including phenoxy) is 1. The van der Waals surface area contributed by atoms with Crippen molar-refractivity contribution < 1.29 is 9.53 Å². The van der Waals surface area contributed by atoms with E-state index < -0.39 is 0 Å². The van der Waals surface area contributed by atoms with Gasteiger partial charge in [0.15, 0.2) is 0 Å². The lowest BCUT2D eigenvalue weighted by atomic mass is 10.3. The highest BCUT2D eigenvalue weighted by Gasteiger charge is 2.20. The number of likely N-dealkylation sites (N-methyl/N-ethyl adjacent to an activating group) is 1. The van der Waals surface area contributed by atoms with Gasteiger partial charge < -0.3 is 9.64 Å². The van der Waals surface area contributed by atoms with Crippen molar-refractivity contribution in [3.8, 4) is 0 Å². The number of carbonyl (C=O) groups is 1. The fourth-order valence-corrected chi connectivity index (χ4v) is 1.26. The van der Waals surface area contributed by atoms with Crippen molar-refractivity contribution in [2.75, 3.05) is 46.9 Å². The van der Waals surface area contributed by atoms with E-state index in [1.807, 2.05) is 30.7 Å². The van der Waals surface area contributed by atoms with Crippen molar-refractivity contribution in [2.45, 2.75) is 13.8 Å². The molecule has 0 aromatic carbocycles. The van der Waals surface area contributed by atoms with E-state index >= 15 is 0 Å². The summed E-state index contributed by atoms with van der Waals surface area (Å²) in [4.78, 5) is 15.2.